The Kier molecular flexibility index (Phi) is 2.76. The van der Waals surface area contributed by atoms with E-state index in [4.69, 9.17) is 9.47 Å². The largest absolute Gasteiger partial charge is 0.347 e. The Bertz CT molecular complexity index is 533. The topological polar surface area (TPSA) is 35.5 Å². The van der Waals surface area contributed by atoms with Gasteiger partial charge in [-0.1, -0.05) is 24.3 Å². The van der Waals surface area contributed by atoms with Crippen molar-refractivity contribution in [2.24, 2.45) is 5.92 Å². The smallest absolute Gasteiger partial charge is 0.172 e. The van der Waals surface area contributed by atoms with E-state index >= 15 is 0 Å². The summed E-state index contributed by atoms with van der Waals surface area (Å²) in [6.45, 7) is 1.32. The molecule has 1 aromatic rings. The quantitative estimate of drug-likeness (QED) is 0.737. The van der Waals surface area contributed by atoms with Crippen LogP contribution in [0.15, 0.2) is 24.3 Å². The summed E-state index contributed by atoms with van der Waals surface area (Å²) in [6.07, 6.45) is 6.02. The minimum Gasteiger partial charge on any atom is -0.347 e. The van der Waals surface area contributed by atoms with Crippen LogP contribution in [-0.4, -0.2) is 25.3 Å². The van der Waals surface area contributed by atoms with Crippen molar-refractivity contribution in [2.75, 3.05) is 13.2 Å². The lowest BCUT2D eigenvalue weighted by atomic mass is 9.56. The van der Waals surface area contributed by atoms with Gasteiger partial charge >= 0.3 is 0 Å². The lowest BCUT2D eigenvalue weighted by Gasteiger charge is -2.52. The van der Waals surface area contributed by atoms with E-state index in [2.05, 4.69) is 18.2 Å². The molecule has 2 atom stereocenters. The molecule has 106 valence electrons. The van der Waals surface area contributed by atoms with Gasteiger partial charge in [0.2, 0.25) is 0 Å². The van der Waals surface area contributed by atoms with Crippen LogP contribution in [0, 0.1) is 5.92 Å². The second kappa shape index (κ2) is 4.40. The van der Waals surface area contributed by atoms with Gasteiger partial charge in [0.15, 0.2) is 5.79 Å². The van der Waals surface area contributed by atoms with Gasteiger partial charge in [-0.25, -0.2) is 0 Å². The number of hydrogen-bond acceptors (Lipinski definition) is 3. The molecule has 3 heteroatoms. The van der Waals surface area contributed by atoms with Gasteiger partial charge in [0.25, 0.3) is 0 Å². The van der Waals surface area contributed by atoms with Gasteiger partial charge in [0.05, 0.1) is 18.6 Å². The Morgan fingerprint density at radius 1 is 1.15 bits per heavy atom. The standard InChI is InChI=1S/C17H20O3/c18-12-16-8-3-9-17(19-10-11-20-17)15(16)7-6-13-4-1-2-5-14(13)16/h1-2,4-5,12,15H,3,6-11H2/t15-,16-/m0/s1. The molecule has 1 aliphatic heterocycles. The van der Waals surface area contributed by atoms with E-state index in [1.807, 2.05) is 6.07 Å². The van der Waals surface area contributed by atoms with E-state index in [1.54, 1.807) is 0 Å². The number of aryl methyl sites for hydroxylation is 1. The van der Waals surface area contributed by atoms with Crippen LogP contribution in [-0.2, 0) is 26.1 Å². The average molecular weight is 272 g/mol. The van der Waals surface area contributed by atoms with Crippen molar-refractivity contribution in [3.8, 4) is 0 Å². The van der Waals surface area contributed by atoms with Gasteiger partial charge in [0, 0.05) is 12.3 Å². The molecule has 4 rings (SSSR count). The first-order valence-electron chi connectivity index (χ1n) is 7.63. The van der Waals surface area contributed by atoms with Gasteiger partial charge in [-0.15, -0.1) is 0 Å². The molecule has 2 fully saturated rings. The summed E-state index contributed by atoms with van der Waals surface area (Å²) in [4.78, 5) is 12.1. The van der Waals surface area contributed by atoms with Crippen molar-refractivity contribution in [3.63, 3.8) is 0 Å². The van der Waals surface area contributed by atoms with Crippen LogP contribution in [0.5, 0.6) is 0 Å². The van der Waals surface area contributed by atoms with Crippen molar-refractivity contribution in [1.29, 1.82) is 0 Å². The predicted octanol–water partition coefficient (Wildman–Crippen LogP) is 2.61. The molecule has 0 radical (unpaired) electrons. The molecule has 0 N–H and O–H groups in total. The van der Waals surface area contributed by atoms with Crippen LogP contribution in [0.25, 0.3) is 0 Å². The second-order valence-electron chi connectivity index (χ2n) is 6.27. The highest BCUT2D eigenvalue weighted by Crippen LogP contribution is 2.55. The molecule has 3 nitrogen and oxygen atoms in total. The molecular formula is C17H20O3. The van der Waals surface area contributed by atoms with E-state index in [0.717, 1.165) is 32.1 Å². The first-order valence-corrected chi connectivity index (χ1v) is 7.63. The highest BCUT2D eigenvalue weighted by Gasteiger charge is 2.59. The van der Waals surface area contributed by atoms with Gasteiger partial charge in [-0.05, 0) is 36.8 Å². The molecule has 2 aliphatic carbocycles. The maximum Gasteiger partial charge on any atom is 0.172 e. The van der Waals surface area contributed by atoms with Crippen LogP contribution >= 0.6 is 0 Å². The summed E-state index contributed by atoms with van der Waals surface area (Å²) in [5.41, 5.74) is 2.13. The lowest BCUT2D eigenvalue weighted by Crippen LogP contribution is -2.57. The molecule has 0 aromatic heterocycles. The van der Waals surface area contributed by atoms with E-state index in [9.17, 15) is 4.79 Å². The fraction of sp³-hybridized carbons (Fsp3) is 0.588. The van der Waals surface area contributed by atoms with Crippen molar-refractivity contribution in [3.05, 3.63) is 35.4 Å². The maximum atomic E-state index is 12.1. The predicted molar refractivity (Wildman–Crippen MR) is 74.5 cm³/mol. The number of hydrogen-bond donors (Lipinski definition) is 0. The molecule has 1 aromatic carbocycles. The molecular weight excluding hydrogens is 252 g/mol. The van der Waals surface area contributed by atoms with E-state index in [1.165, 1.54) is 17.4 Å². The minimum atomic E-state index is -0.507. The average Bonchev–Trinajstić information content (AvgIpc) is 2.96. The van der Waals surface area contributed by atoms with E-state index in [-0.39, 0.29) is 5.92 Å². The van der Waals surface area contributed by atoms with Gasteiger partial charge < -0.3 is 14.3 Å². The van der Waals surface area contributed by atoms with E-state index < -0.39 is 11.2 Å². The summed E-state index contributed by atoms with van der Waals surface area (Å²) in [5, 5.41) is 0. The molecule has 0 unspecified atom stereocenters. The number of benzene rings is 1. The number of carbonyl (C=O) groups is 1. The number of rotatable bonds is 1. The Labute approximate surface area is 119 Å². The Balaban J connectivity index is 1.86. The monoisotopic (exact) mass is 272 g/mol. The fourth-order valence-electron chi connectivity index (χ4n) is 4.68. The Morgan fingerprint density at radius 3 is 2.75 bits per heavy atom. The second-order valence-corrected chi connectivity index (χ2v) is 6.27. The van der Waals surface area contributed by atoms with Crippen molar-refractivity contribution in [2.45, 2.75) is 43.3 Å². The van der Waals surface area contributed by atoms with Crippen molar-refractivity contribution < 1.29 is 14.3 Å². The van der Waals surface area contributed by atoms with Crippen LogP contribution < -0.4 is 0 Å². The molecule has 3 aliphatic rings. The summed E-state index contributed by atoms with van der Waals surface area (Å²) in [6, 6.07) is 8.40. The lowest BCUT2D eigenvalue weighted by molar-refractivity contribution is -0.231. The number of carbonyl (C=O) groups excluding carboxylic acids is 1. The Morgan fingerprint density at radius 2 is 1.95 bits per heavy atom. The third-order valence-electron chi connectivity index (χ3n) is 5.48. The Hall–Kier alpha value is -1.19. The number of ether oxygens (including phenoxy) is 2. The van der Waals surface area contributed by atoms with Crippen LogP contribution in [0.3, 0.4) is 0 Å². The molecule has 0 bridgehead atoms. The van der Waals surface area contributed by atoms with Gasteiger partial charge in [-0.2, -0.15) is 0 Å². The minimum absolute atomic E-state index is 0.165. The molecule has 1 saturated heterocycles. The van der Waals surface area contributed by atoms with Crippen molar-refractivity contribution >= 4 is 6.29 Å². The zero-order valence-electron chi connectivity index (χ0n) is 11.6. The van der Waals surface area contributed by atoms with Crippen LogP contribution in [0.4, 0.5) is 0 Å². The molecule has 0 amide bonds. The zero-order valence-corrected chi connectivity index (χ0v) is 11.6. The maximum absolute atomic E-state index is 12.1. The number of fused-ring (bicyclic) bond motifs is 4. The normalized spacial score (nSPS) is 34.5. The first kappa shape index (κ1) is 12.5. The van der Waals surface area contributed by atoms with Gasteiger partial charge in [0.1, 0.15) is 6.29 Å². The SMILES string of the molecule is O=C[C@]12CCCC3(OCCO3)[C@H]1CCc1ccccc12. The molecule has 1 spiro atoms. The van der Waals surface area contributed by atoms with Crippen LogP contribution in [0.1, 0.15) is 36.8 Å². The summed E-state index contributed by atoms with van der Waals surface area (Å²) in [7, 11) is 0. The fourth-order valence-corrected chi connectivity index (χ4v) is 4.68. The highest BCUT2D eigenvalue weighted by molar-refractivity contribution is 5.72. The van der Waals surface area contributed by atoms with E-state index in [0.29, 0.717) is 13.2 Å². The molecule has 1 heterocycles. The highest BCUT2D eigenvalue weighted by atomic mass is 16.7. The summed E-state index contributed by atoms with van der Waals surface area (Å²) in [5.74, 6) is -0.342. The number of aldehydes is 1. The van der Waals surface area contributed by atoms with Crippen molar-refractivity contribution in [1.82, 2.24) is 0 Å². The first-order chi connectivity index (χ1) is 9.81. The third kappa shape index (κ3) is 1.51. The molecule has 20 heavy (non-hydrogen) atoms. The van der Waals surface area contributed by atoms with Gasteiger partial charge in [-0.3, -0.25) is 0 Å². The zero-order chi connectivity index (χ0) is 13.6. The van der Waals surface area contributed by atoms with Crippen LogP contribution in [0.2, 0.25) is 0 Å². The molecule has 1 saturated carbocycles. The summed E-state index contributed by atoms with van der Waals surface area (Å²) >= 11 is 0. The summed E-state index contributed by atoms with van der Waals surface area (Å²) < 4.78 is 12.0. The third-order valence-corrected chi connectivity index (χ3v) is 5.48.